The predicted octanol–water partition coefficient (Wildman–Crippen LogP) is 4.51. The van der Waals surface area contributed by atoms with Crippen LogP contribution in [-0.2, 0) is 0 Å². The van der Waals surface area contributed by atoms with Gasteiger partial charge in [-0.2, -0.15) is 0 Å². The fourth-order valence-corrected chi connectivity index (χ4v) is 3.32. The number of hydrogen-bond donors (Lipinski definition) is 1. The van der Waals surface area contributed by atoms with Crippen LogP contribution in [0.25, 0.3) is 0 Å². The smallest absolute Gasteiger partial charge is 0.146 e. The van der Waals surface area contributed by atoms with Gasteiger partial charge in [0.25, 0.3) is 0 Å². The van der Waals surface area contributed by atoms with Gasteiger partial charge in [-0.1, -0.05) is 33.3 Å². The molecule has 2 rings (SSSR count). The third-order valence-corrected chi connectivity index (χ3v) is 4.57. The summed E-state index contributed by atoms with van der Waals surface area (Å²) >= 11 is 0. The lowest BCUT2D eigenvalue weighted by Gasteiger charge is -2.37. The Bertz CT molecular complexity index is 459. The van der Waals surface area contributed by atoms with Gasteiger partial charge in [-0.3, -0.25) is 0 Å². The maximum Gasteiger partial charge on any atom is 0.146 e. The van der Waals surface area contributed by atoms with Crippen LogP contribution >= 0.6 is 0 Å². The van der Waals surface area contributed by atoms with Gasteiger partial charge in [0.2, 0.25) is 0 Å². The van der Waals surface area contributed by atoms with Crippen LogP contribution in [0.4, 0.5) is 5.69 Å². The molecule has 118 valence electrons. The van der Waals surface area contributed by atoms with E-state index < -0.39 is 0 Å². The number of benzene rings is 1. The van der Waals surface area contributed by atoms with E-state index in [2.05, 4.69) is 20.8 Å². The summed E-state index contributed by atoms with van der Waals surface area (Å²) in [5.41, 5.74) is 6.82. The summed E-state index contributed by atoms with van der Waals surface area (Å²) in [7, 11) is 0. The van der Waals surface area contributed by atoms with Crippen molar-refractivity contribution in [1.82, 2.24) is 0 Å². The first-order valence-corrected chi connectivity index (χ1v) is 8.20. The zero-order chi connectivity index (χ0) is 15.4. The number of para-hydroxylation sites is 1. The largest absolute Gasteiger partial charge is 0.492 e. The number of ether oxygens (including phenoxy) is 2. The fourth-order valence-electron chi connectivity index (χ4n) is 3.32. The molecule has 2 N–H and O–H groups in total. The minimum Gasteiger partial charge on any atom is -0.492 e. The van der Waals surface area contributed by atoms with Crippen molar-refractivity contribution in [2.75, 3.05) is 12.3 Å². The van der Waals surface area contributed by atoms with Crippen molar-refractivity contribution in [3.05, 3.63) is 18.2 Å². The molecule has 1 aromatic carbocycles. The van der Waals surface area contributed by atoms with Crippen molar-refractivity contribution in [3.63, 3.8) is 0 Å². The van der Waals surface area contributed by atoms with E-state index >= 15 is 0 Å². The summed E-state index contributed by atoms with van der Waals surface area (Å²) in [4.78, 5) is 0. The molecule has 0 saturated heterocycles. The van der Waals surface area contributed by atoms with Crippen molar-refractivity contribution < 1.29 is 9.47 Å². The van der Waals surface area contributed by atoms with E-state index in [0.717, 1.165) is 23.8 Å². The molecular formula is C18H29NO2. The van der Waals surface area contributed by atoms with E-state index in [-0.39, 0.29) is 6.10 Å². The molecular weight excluding hydrogens is 262 g/mol. The molecule has 0 spiro atoms. The van der Waals surface area contributed by atoms with Crippen LogP contribution < -0.4 is 15.2 Å². The average Bonchev–Trinajstić information content (AvgIpc) is 2.43. The Morgan fingerprint density at radius 2 is 1.95 bits per heavy atom. The topological polar surface area (TPSA) is 44.5 Å². The highest BCUT2D eigenvalue weighted by Gasteiger charge is 2.32. The van der Waals surface area contributed by atoms with Gasteiger partial charge in [-0.05, 0) is 49.7 Å². The van der Waals surface area contributed by atoms with Gasteiger partial charge in [0.05, 0.1) is 6.61 Å². The predicted molar refractivity (Wildman–Crippen MR) is 87.8 cm³/mol. The Kier molecular flexibility index (Phi) is 5.38. The standard InChI is InChI=1S/C18H29NO2/c1-5-20-15-7-6-8-16(18(15)19)21-17-11-13(4)9-10-14(17)12(2)3/h6-8,12-14,17H,5,9-11,19H2,1-4H3. The molecule has 0 bridgehead atoms. The maximum atomic E-state index is 6.31. The molecule has 1 aliphatic carbocycles. The van der Waals surface area contributed by atoms with E-state index in [4.69, 9.17) is 15.2 Å². The van der Waals surface area contributed by atoms with E-state index in [9.17, 15) is 0 Å². The Morgan fingerprint density at radius 3 is 2.62 bits per heavy atom. The first-order chi connectivity index (χ1) is 10.0. The molecule has 0 aliphatic heterocycles. The minimum absolute atomic E-state index is 0.257. The Hall–Kier alpha value is -1.38. The van der Waals surface area contributed by atoms with E-state index in [1.54, 1.807) is 0 Å². The average molecular weight is 291 g/mol. The molecule has 1 aliphatic rings. The van der Waals surface area contributed by atoms with Gasteiger partial charge >= 0.3 is 0 Å². The van der Waals surface area contributed by atoms with Crippen molar-refractivity contribution >= 4 is 5.69 Å². The van der Waals surface area contributed by atoms with Crippen LogP contribution in [0.2, 0.25) is 0 Å². The molecule has 0 heterocycles. The van der Waals surface area contributed by atoms with Gasteiger partial charge in [0.15, 0.2) is 0 Å². The van der Waals surface area contributed by atoms with Crippen molar-refractivity contribution in [2.45, 2.75) is 53.1 Å². The highest BCUT2D eigenvalue weighted by atomic mass is 16.5. The molecule has 21 heavy (non-hydrogen) atoms. The van der Waals surface area contributed by atoms with Crippen LogP contribution in [-0.4, -0.2) is 12.7 Å². The Balaban J connectivity index is 2.16. The first-order valence-electron chi connectivity index (χ1n) is 8.20. The molecule has 1 fully saturated rings. The summed E-state index contributed by atoms with van der Waals surface area (Å²) in [5, 5.41) is 0. The molecule has 1 aromatic rings. The number of nitrogen functional groups attached to an aromatic ring is 1. The lowest BCUT2D eigenvalue weighted by Crippen LogP contribution is -2.36. The summed E-state index contributed by atoms with van der Waals surface area (Å²) in [6.45, 7) is 9.47. The maximum absolute atomic E-state index is 6.31. The highest BCUT2D eigenvalue weighted by molar-refractivity contribution is 5.62. The lowest BCUT2D eigenvalue weighted by molar-refractivity contribution is 0.0464. The van der Waals surface area contributed by atoms with Gasteiger partial charge in [-0.15, -0.1) is 0 Å². The zero-order valence-corrected chi connectivity index (χ0v) is 13.8. The Labute approximate surface area is 128 Å². The monoisotopic (exact) mass is 291 g/mol. The molecule has 3 heteroatoms. The van der Waals surface area contributed by atoms with Crippen molar-refractivity contribution in [2.24, 2.45) is 17.8 Å². The van der Waals surface area contributed by atoms with Crippen LogP contribution in [0.15, 0.2) is 18.2 Å². The van der Waals surface area contributed by atoms with Crippen LogP contribution in [0.1, 0.15) is 47.0 Å². The number of hydrogen-bond acceptors (Lipinski definition) is 3. The van der Waals surface area contributed by atoms with Crippen molar-refractivity contribution in [3.8, 4) is 11.5 Å². The molecule has 0 radical (unpaired) electrons. The summed E-state index contributed by atoms with van der Waals surface area (Å²) < 4.78 is 11.9. The molecule has 3 nitrogen and oxygen atoms in total. The number of anilines is 1. The molecule has 3 unspecified atom stereocenters. The SMILES string of the molecule is CCOc1cccc(OC2CC(C)CCC2C(C)C)c1N. The van der Waals surface area contributed by atoms with Gasteiger partial charge in [0, 0.05) is 0 Å². The number of rotatable bonds is 5. The normalized spacial score (nSPS) is 25.9. The quantitative estimate of drug-likeness (QED) is 0.812. The van der Waals surface area contributed by atoms with Crippen LogP contribution in [0.5, 0.6) is 11.5 Å². The zero-order valence-electron chi connectivity index (χ0n) is 13.8. The third kappa shape index (κ3) is 3.84. The fraction of sp³-hybridized carbons (Fsp3) is 0.667. The molecule has 1 saturated carbocycles. The second-order valence-electron chi connectivity index (χ2n) is 6.58. The molecule has 0 amide bonds. The third-order valence-electron chi connectivity index (χ3n) is 4.57. The van der Waals surface area contributed by atoms with E-state index in [0.29, 0.717) is 24.1 Å². The number of nitrogens with two attached hydrogens (primary N) is 1. The minimum atomic E-state index is 0.257. The van der Waals surface area contributed by atoms with E-state index in [1.165, 1.54) is 12.8 Å². The van der Waals surface area contributed by atoms with Gasteiger partial charge in [-0.25, -0.2) is 0 Å². The van der Waals surface area contributed by atoms with Gasteiger partial charge in [0.1, 0.15) is 23.3 Å². The van der Waals surface area contributed by atoms with E-state index in [1.807, 2.05) is 25.1 Å². The summed E-state index contributed by atoms with van der Waals surface area (Å²) in [6.07, 6.45) is 3.92. The lowest BCUT2D eigenvalue weighted by atomic mass is 9.75. The Morgan fingerprint density at radius 1 is 1.24 bits per heavy atom. The van der Waals surface area contributed by atoms with Gasteiger partial charge < -0.3 is 15.2 Å². The van der Waals surface area contributed by atoms with Crippen molar-refractivity contribution in [1.29, 1.82) is 0 Å². The van der Waals surface area contributed by atoms with Crippen LogP contribution in [0.3, 0.4) is 0 Å². The molecule has 3 atom stereocenters. The van der Waals surface area contributed by atoms with Crippen LogP contribution in [0, 0.1) is 17.8 Å². The molecule has 0 aromatic heterocycles. The highest BCUT2D eigenvalue weighted by Crippen LogP contribution is 2.39. The second kappa shape index (κ2) is 7.06. The summed E-state index contributed by atoms with van der Waals surface area (Å²) in [5.74, 6) is 3.46. The summed E-state index contributed by atoms with van der Waals surface area (Å²) in [6, 6.07) is 5.80. The second-order valence-corrected chi connectivity index (χ2v) is 6.58. The first kappa shape index (κ1) is 16.0.